The van der Waals surface area contributed by atoms with Crippen molar-refractivity contribution in [3.05, 3.63) is 75.8 Å². The summed E-state index contributed by atoms with van der Waals surface area (Å²) in [6.07, 6.45) is 3.09. The minimum Gasteiger partial charge on any atom is -0.299 e. The van der Waals surface area contributed by atoms with Crippen LogP contribution < -0.4 is 16.2 Å². The van der Waals surface area contributed by atoms with Gasteiger partial charge in [0, 0.05) is 18.2 Å². The van der Waals surface area contributed by atoms with E-state index < -0.39 is 4.92 Å². The molecule has 0 atom stereocenters. The van der Waals surface area contributed by atoms with Gasteiger partial charge in [-0.25, -0.2) is 0 Å². The maximum Gasteiger partial charge on any atom is 0.269 e. The molecule has 2 rings (SSSR count). The highest BCUT2D eigenvalue weighted by atomic mass is 32.1. The van der Waals surface area contributed by atoms with E-state index in [2.05, 4.69) is 30.0 Å². The molecule has 2 aromatic rings. The normalized spacial score (nSPS) is 10.6. The Morgan fingerprint density at radius 2 is 1.74 bits per heavy atom. The second kappa shape index (κ2) is 9.44. The fourth-order valence-corrected chi connectivity index (χ4v) is 2.30. The van der Waals surface area contributed by atoms with Gasteiger partial charge < -0.3 is 0 Å². The summed E-state index contributed by atoms with van der Waals surface area (Å²) in [5.41, 5.74) is 8.10. The molecule has 0 aliphatic carbocycles. The molecular weight excluding hydrogens is 364 g/mol. The number of nitro groups is 1. The summed E-state index contributed by atoms with van der Waals surface area (Å²) < 4.78 is 0. The molecule has 27 heavy (non-hydrogen) atoms. The molecule has 0 heterocycles. The van der Waals surface area contributed by atoms with Gasteiger partial charge in [-0.2, -0.15) is 0 Å². The fourth-order valence-electron chi connectivity index (χ4n) is 2.14. The summed E-state index contributed by atoms with van der Waals surface area (Å²) in [6.45, 7) is 4.24. The van der Waals surface area contributed by atoms with E-state index in [0.29, 0.717) is 11.6 Å². The smallest absolute Gasteiger partial charge is 0.269 e. The van der Waals surface area contributed by atoms with E-state index in [-0.39, 0.29) is 16.7 Å². The van der Waals surface area contributed by atoms with Crippen LogP contribution >= 0.6 is 12.2 Å². The summed E-state index contributed by atoms with van der Waals surface area (Å²) in [5.74, 6) is 0.0870. The first kappa shape index (κ1) is 20.1. The number of non-ortho nitro benzene ring substituents is 1. The van der Waals surface area contributed by atoms with Crippen molar-refractivity contribution in [2.75, 3.05) is 5.43 Å². The molecule has 3 N–H and O–H groups in total. The van der Waals surface area contributed by atoms with Crippen LogP contribution in [-0.4, -0.2) is 15.9 Å². The standard InChI is InChI=1S/C19H20N4O3S/c1-13(2)15-6-3-14(4-7-15)5-12-18(24)20-19(27)22-21-16-8-10-17(11-9-16)23(25)26/h3-13,21H,1-2H3,(H2,20,22,24,27)/b12-5+. The quantitative estimate of drug-likeness (QED) is 0.304. The van der Waals surface area contributed by atoms with Gasteiger partial charge in [0.15, 0.2) is 5.11 Å². The maximum absolute atomic E-state index is 11.9. The van der Waals surface area contributed by atoms with Gasteiger partial charge in [0.05, 0.1) is 10.6 Å². The number of rotatable bonds is 6. The summed E-state index contributed by atoms with van der Waals surface area (Å²) in [6, 6.07) is 13.7. The van der Waals surface area contributed by atoms with Crippen LogP contribution in [0.25, 0.3) is 6.08 Å². The monoisotopic (exact) mass is 384 g/mol. The molecule has 0 unspecified atom stereocenters. The van der Waals surface area contributed by atoms with Gasteiger partial charge in [-0.05, 0) is 47.5 Å². The van der Waals surface area contributed by atoms with E-state index in [1.165, 1.54) is 35.9 Å². The Bertz CT molecular complexity index is 846. The van der Waals surface area contributed by atoms with E-state index in [4.69, 9.17) is 12.2 Å². The van der Waals surface area contributed by atoms with Gasteiger partial charge >= 0.3 is 0 Å². The zero-order valence-corrected chi connectivity index (χ0v) is 15.7. The Labute approximate surface area is 162 Å². The van der Waals surface area contributed by atoms with Crippen molar-refractivity contribution in [2.24, 2.45) is 0 Å². The third-order valence-electron chi connectivity index (χ3n) is 3.67. The van der Waals surface area contributed by atoms with Crippen molar-refractivity contribution in [3.63, 3.8) is 0 Å². The van der Waals surface area contributed by atoms with Crippen LogP contribution in [0.2, 0.25) is 0 Å². The number of hydrazine groups is 1. The highest BCUT2D eigenvalue weighted by molar-refractivity contribution is 7.80. The van der Waals surface area contributed by atoms with Crippen molar-refractivity contribution in [1.82, 2.24) is 10.7 Å². The molecule has 1 amide bonds. The second-order valence-corrected chi connectivity index (χ2v) is 6.44. The van der Waals surface area contributed by atoms with Gasteiger partial charge in [0.25, 0.3) is 5.69 Å². The first-order valence-electron chi connectivity index (χ1n) is 8.24. The lowest BCUT2D eigenvalue weighted by molar-refractivity contribution is -0.384. The summed E-state index contributed by atoms with van der Waals surface area (Å²) >= 11 is 5.03. The zero-order chi connectivity index (χ0) is 19.8. The van der Waals surface area contributed by atoms with Crippen LogP contribution in [0.15, 0.2) is 54.6 Å². The lowest BCUT2D eigenvalue weighted by Gasteiger charge is -2.10. The third kappa shape index (κ3) is 6.52. The van der Waals surface area contributed by atoms with Crippen molar-refractivity contribution < 1.29 is 9.72 Å². The van der Waals surface area contributed by atoms with Gasteiger partial charge in [0.2, 0.25) is 5.91 Å². The number of carbonyl (C=O) groups is 1. The van der Waals surface area contributed by atoms with E-state index in [0.717, 1.165) is 5.56 Å². The maximum atomic E-state index is 11.9. The van der Waals surface area contributed by atoms with Crippen LogP contribution in [0.3, 0.4) is 0 Å². The Morgan fingerprint density at radius 3 is 2.30 bits per heavy atom. The third-order valence-corrected chi connectivity index (χ3v) is 3.87. The Kier molecular flexibility index (Phi) is 7.01. The number of nitrogens with one attached hydrogen (secondary N) is 3. The fraction of sp³-hybridized carbons (Fsp3) is 0.158. The molecule has 0 aliphatic heterocycles. The average Bonchev–Trinajstić information content (AvgIpc) is 2.65. The minimum absolute atomic E-state index is 0.0111. The molecule has 8 heteroatoms. The molecule has 0 aliphatic rings. The first-order valence-corrected chi connectivity index (χ1v) is 8.65. The summed E-state index contributed by atoms with van der Waals surface area (Å²) in [5, 5.41) is 13.2. The predicted octanol–water partition coefficient (Wildman–Crippen LogP) is 3.75. The van der Waals surface area contributed by atoms with Crippen molar-refractivity contribution in [2.45, 2.75) is 19.8 Å². The number of nitro benzene ring substituents is 1. The predicted molar refractivity (Wildman–Crippen MR) is 110 cm³/mol. The van der Waals surface area contributed by atoms with Crippen LogP contribution in [0.4, 0.5) is 11.4 Å². The largest absolute Gasteiger partial charge is 0.299 e. The minimum atomic E-state index is -0.481. The van der Waals surface area contributed by atoms with Gasteiger partial charge in [0.1, 0.15) is 0 Å². The van der Waals surface area contributed by atoms with E-state index in [1.807, 2.05) is 24.3 Å². The molecule has 0 radical (unpaired) electrons. The SMILES string of the molecule is CC(C)c1ccc(/C=C/C(=O)NC(=S)NNc2ccc([N+](=O)[O-])cc2)cc1. The average molecular weight is 384 g/mol. The molecule has 0 spiro atoms. The lowest BCUT2D eigenvalue weighted by atomic mass is 10.0. The molecule has 2 aromatic carbocycles. The van der Waals surface area contributed by atoms with Crippen molar-refractivity contribution >= 4 is 40.7 Å². The number of hydrogen-bond acceptors (Lipinski definition) is 5. The van der Waals surface area contributed by atoms with E-state index >= 15 is 0 Å². The highest BCUT2D eigenvalue weighted by Crippen LogP contribution is 2.15. The number of thiocarbonyl (C=S) groups is 1. The molecular formula is C19H20N4O3S. The van der Waals surface area contributed by atoms with E-state index in [1.54, 1.807) is 6.08 Å². The number of carbonyl (C=O) groups excluding carboxylic acids is 1. The van der Waals surface area contributed by atoms with Crippen LogP contribution in [0.5, 0.6) is 0 Å². The molecule has 0 saturated carbocycles. The molecule has 0 saturated heterocycles. The van der Waals surface area contributed by atoms with Gasteiger partial charge in [-0.15, -0.1) is 0 Å². The molecule has 0 bridgehead atoms. The Morgan fingerprint density at radius 1 is 1.11 bits per heavy atom. The zero-order valence-electron chi connectivity index (χ0n) is 14.9. The number of hydrogen-bond donors (Lipinski definition) is 3. The second-order valence-electron chi connectivity index (χ2n) is 6.03. The highest BCUT2D eigenvalue weighted by Gasteiger charge is 2.05. The van der Waals surface area contributed by atoms with Crippen molar-refractivity contribution in [3.8, 4) is 0 Å². The molecule has 0 fully saturated rings. The van der Waals surface area contributed by atoms with Crippen LogP contribution in [0.1, 0.15) is 30.9 Å². The number of benzene rings is 2. The van der Waals surface area contributed by atoms with Gasteiger partial charge in [-0.3, -0.25) is 31.1 Å². The lowest BCUT2D eigenvalue weighted by Crippen LogP contribution is -2.41. The van der Waals surface area contributed by atoms with E-state index in [9.17, 15) is 14.9 Å². The van der Waals surface area contributed by atoms with Crippen LogP contribution in [0, 0.1) is 10.1 Å². The Balaban J connectivity index is 1.80. The molecule has 7 nitrogen and oxygen atoms in total. The summed E-state index contributed by atoms with van der Waals surface area (Å²) in [4.78, 5) is 22.0. The number of amides is 1. The topological polar surface area (TPSA) is 96.3 Å². The Hall–Kier alpha value is -3.26. The number of anilines is 1. The van der Waals surface area contributed by atoms with Gasteiger partial charge in [-0.1, -0.05) is 38.1 Å². The first-order chi connectivity index (χ1) is 12.8. The number of nitrogens with zero attached hydrogens (tertiary/aromatic N) is 1. The molecule has 140 valence electrons. The van der Waals surface area contributed by atoms with Crippen LogP contribution in [-0.2, 0) is 4.79 Å². The summed E-state index contributed by atoms with van der Waals surface area (Å²) in [7, 11) is 0. The molecule has 0 aromatic heterocycles. The van der Waals surface area contributed by atoms with Crippen molar-refractivity contribution in [1.29, 1.82) is 0 Å².